The molecule has 37 heavy (non-hydrogen) atoms. The highest BCUT2D eigenvalue weighted by molar-refractivity contribution is 6.01. The van der Waals surface area contributed by atoms with Crippen LogP contribution in [0.15, 0.2) is 61.4 Å². The largest absolute Gasteiger partial charge is 0.496 e. The molecule has 188 valence electrons. The summed E-state index contributed by atoms with van der Waals surface area (Å²) < 4.78 is 7.04. The van der Waals surface area contributed by atoms with Crippen molar-refractivity contribution in [3.63, 3.8) is 0 Å². The van der Waals surface area contributed by atoms with E-state index in [1.807, 2.05) is 18.2 Å². The maximum Gasteiger partial charge on any atom is 0.255 e. The molecule has 5 rings (SSSR count). The third-order valence-electron chi connectivity index (χ3n) is 6.59. The third-order valence-corrected chi connectivity index (χ3v) is 6.59. The summed E-state index contributed by atoms with van der Waals surface area (Å²) in [5.74, 6) is 0.783. The molecule has 0 radical (unpaired) electrons. The van der Waals surface area contributed by atoms with Gasteiger partial charge < -0.3 is 21.1 Å². The van der Waals surface area contributed by atoms with Crippen molar-refractivity contribution in [3.05, 3.63) is 67.0 Å². The standard InChI is InChI=1S/C27H27N7O3/c1-3-22(35)32-19-10-7-17(8-11-19)24-23(25-26(28)30-15-31-34(25)33-24)18-9-12-20(21(13-18)37-2)27(36)29-14-16-5-4-6-16/h3,7-13,15-16H,1,4-6,14H2,2H3,(H,29,36)(H,32,35)(H2,28,30,31). The predicted molar refractivity (Wildman–Crippen MR) is 141 cm³/mol. The Labute approximate surface area is 213 Å². The zero-order valence-corrected chi connectivity index (χ0v) is 20.4. The second kappa shape index (κ2) is 10.1. The van der Waals surface area contributed by atoms with Crippen molar-refractivity contribution in [2.24, 2.45) is 5.92 Å². The minimum atomic E-state index is -0.298. The highest BCUT2D eigenvalue weighted by atomic mass is 16.5. The summed E-state index contributed by atoms with van der Waals surface area (Å²) in [5.41, 5.74) is 10.7. The first-order valence-electron chi connectivity index (χ1n) is 12.0. The molecule has 0 unspecified atom stereocenters. The number of aromatic nitrogens is 4. The molecular weight excluding hydrogens is 470 g/mol. The molecule has 2 aromatic heterocycles. The maximum absolute atomic E-state index is 12.9. The highest BCUT2D eigenvalue weighted by Gasteiger charge is 2.23. The van der Waals surface area contributed by atoms with Gasteiger partial charge in [-0.2, -0.15) is 0 Å². The Morgan fingerprint density at radius 1 is 1.19 bits per heavy atom. The van der Waals surface area contributed by atoms with Crippen LogP contribution in [0.2, 0.25) is 0 Å². The van der Waals surface area contributed by atoms with E-state index in [0.29, 0.717) is 46.2 Å². The van der Waals surface area contributed by atoms with Crippen molar-refractivity contribution in [1.29, 1.82) is 0 Å². The first-order valence-corrected chi connectivity index (χ1v) is 12.0. The van der Waals surface area contributed by atoms with Crippen LogP contribution in [0.5, 0.6) is 5.75 Å². The Bertz CT molecular complexity index is 1490. The monoisotopic (exact) mass is 497 g/mol. The van der Waals surface area contributed by atoms with Gasteiger partial charge in [0.15, 0.2) is 5.82 Å². The van der Waals surface area contributed by atoms with Crippen LogP contribution in [0.1, 0.15) is 29.6 Å². The van der Waals surface area contributed by atoms with Crippen molar-refractivity contribution in [3.8, 4) is 28.1 Å². The number of nitrogens with two attached hydrogens (primary N) is 1. The molecule has 1 fully saturated rings. The van der Waals surface area contributed by atoms with Crippen molar-refractivity contribution < 1.29 is 14.3 Å². The zero-order valence-electron chi connectivity index (χ0n) is 20.4. The lowest BCUT2D eigenvalue weighted by Gasteiger charge is -2.25. The summed E-state index contributed by atoms with van der Waals surface area (Å²) in [4.78, 5) is 28.7. The molecule has 2 heterocycles. The van der Waals surface area contributed by atoms with Crippen LogP contribution in [0.25, 0.3) is 27.9 Å². The number of nitrogens with one attached hydrogen (secondary N) is 2. The lowest BCUT2D eigenvalue weighted by molar-refractivity contribution is -0.111. The fourth-order valence-electron chi connectivity index (χ4n) is 4.36. The third kappa shape index (κ3) is 4.73. The van der Waals surface area contributed by atoms with Crippen molar-refractivity contribution in [2.75, 3.05) is 24.7 Å². The smallest absolute Gasteiger partial charge is 0.255 e. The van der Waals surface area contributed by atoms with E-state index in [-0.39, 0.29) is 17.6 Å². The molecule has 2 amide bonds. The van der Waals surface area contributed by atoms with Gasteiger partial charge >= 0.3 is 0 Å². The minimum absolute atomic E-state index is 0.171. The Balaban J connectivity index is 1.55. The molecule has 0 spiro atoms. The molecule has 0 bridgehead atoms. The van der Waals surface area contributed by atoms with Crippen LogP contribution in [0, 0.1) is 5.92 Å². The average molecular weight is 498 g/mol. The number of benzene rings is 2. The molecule has 0 aliphatic heterocycles. The van der Waals surface area contributed by atoms with Gasteiger partial charge in [-0.25, -0.2) is 4.98 Å². The lowest BCUT2D eigenvalue weighted by Crippen LogP contribution is -2.32. The SMILES string of the molecule is C=CC(=O)Nc1ccc(-c2nn3ncnc(N)c3c2-c2ccc(C(=O)NCC3CCC3)c(OC)c2)cc1. The lowest BCUT2D eigenvalue weighted by atomic mass is 9.85. The molecule has 10 heteroatoms. The van der Waals surface area contributed by atoms with Crippen LogP contribution < -0.4 is 21.1 Å². The molecule has 0 saturated heterocycles. The van der Waals surface area contributed by atoms with E-state index in [1.54, 1.807) is 24.3 Å². The van der Waals surface area contributed by atoms with Crippen LogP contribution in [0.4, 0.5) is 11.5 Å². The van der Waals surface area contributed by atoms with Gasteiger partial charge in [0, 0.05) is 23.4 Å². The normalized spacial score (nSPS) is 13.1. The van der Waals surface area contributed by atoms with Crippen LogP contribution in [0.3, 0.4) is 0 Å². The highest BCUT2D eigenvalue weighted by Crippen LogP contribution is 2.39. The van der Waals surface area contributed by atoms with Crippen molar-refractivity contribution in [1.82, 2.24) is 25.1 Å². The number of ether oxygens (including phenoxy) is 1. The number of fused-ring (bicyclic) bond motifs is 1. The van der Waals surface area contributed by atoms with E-state index >= 15 is 0 Å². The fourth-order valence-corrected chi connectivity index (χ4v) is 4.36. The van der Waals surface area contributed by atoms with Gasteiger partial charge in [-0.15, -0.1) is 14.8 Å². The molecule has 1 aliphatic rings. The van der Waals surface area contributed by atoms with E-state index < -0.39 is 0 Å². The second-order valence-electron chi connectivity index (χ2n) is 8.90. The predicted octanol–water partition coefficient (Wildman–Crippen LogP) is 3.70. The van der Waals surface area contributed by atoms with Gasteiger partial charge in [-0.1, -0.05) is 31.2 Å². The van der Waals surface area contributed by atoms with E-state index in [4.69, 9.17) is 10.5 Å². The summed E-state index contributed by atoms with van der Waals surface area (Å²) in [6.07, 6.45) is 6.07. The number of anilines is 2. The topological polar surface area (TPSA) is 137 Å². The van der Waals surface area contributed by atoms with Gasteiger partial charge in [0.2, 0.25) is 5.91 Å². The van der Waals surface area contributed by atoms with Crippen molar-refractivity contribution in [2.45, 2.75) is 19.3 Å². The molecule has 1 aliphatic carbocycles. The number of amides is 2. The fraction of sp³-hybridized carbons (Fsp3) is 0.222. The zero-order chi connectivity index (χ0) is 25.9. The first-order chi connectivity index (χ1) is 18.0. The molecular formula is C27H27N7O3. The molecule has 4 N–H and O–H groups in total. The molecule has 4 aromatic rings. The number of nitrogen functional groups attached to an aromatic ring is 1. The van der Waals surface area contributed by atoms with Gasteiger partial charge in [-0.3, -0.25) is 9.59 Å². The Hall–Kier alpha value is -4.73. The van der Waals surface area contributed by atoms with Crippen molar-refractivity contribution >= 4 is 28.8 Å². The van der Waals surface area contributed by atoms with Crippen LogP contribution in [-0.2, 0) is 4.79 Å². The van der Waals surface area contributed by atoms with Gasteiger partial charge in [0.1, 0.15) is 23.3 Å². The van der Waals surface area contributed by atoms with Crippen LogP contribution >= 0.6 is 0 Å². The summed E-state index contributed by atoms with van der Waals surface area (Å²) in [5, 5.41) is 14.6. The summed E-state index contributed by atoms with van der Waals surface area (Å²) >= 11 is 0. The number of rotatable bonds is 8. The first kappa shape index (κ1) is 24.0. The molecule has 1 saturated carbocycles. The van der Waals surface area contributed by atoms with E-state index in [0.717, 1.165) is 24.0 Å². The number of carbonyl (C=O) groups is 2. The average Bonchev–Trinajstić information content (AvgIpc) is 3.28. The quantitative estimate of drug-likeness (QED) is 0.316. The molecule has 10 nitrogen and oxygen atoms in total. The Morgan fingerprint density at radius 2 is 1.95 bits per heavy atom. The number of methoxy groups -OCH3 is 1. The van der Waals surface area contributed by atoms with Gasteiger partial charge in [-0.05, 0) is 54.7 Å². The van der Waals surface area contributed by atoms with Gasteiger partial charge in [0.25, 0.3) is 5.91 Å². The van der Waals surface area contributed by atoms with E-state index in [1.165, 1.54) is 30.6 Å². The van der Waals surface area contributed by atoms with Gasteiger partial charge in [0.05, 0.1) is 12.7 Å². The molecule has 2 aromatic carbocycles. The van der Waals surface area contributed by atoms with E-state index in [9.17, 15) is 9.59 Å². The summed E-state index contributed by atoms with van der Waals surface area (Å²) in [7, 11) is 1.53. The van der Waals surface area contributed by atoms with Crippen LogP contribution in [-0.4, -0.2) is 45.3 Å². The number of carbonyl (C=O) groups excluding carboxylic acids is 2. The minimum Gasteiger partial charge on any atom is -0.496 e. The number of hydrogen-bond donors (Lipinski definition) is 3. The second-order valence-corrected chi connectivity index (χ2v) is 8.90. The van der Waals surface area contributed by atoms with E-state index in [2.05, 4.69) is 32.4 Å². The number of nitrogens with zero attached hydrogens (tertiary/aromatic N) is 4. The summed E-state index contributed by atoms with van der Waals surface area (Å²) in [6.45, 7) is 4.14. The maximum atomic E-state index is 12.9. The molecule has 0 atom stereocenters. The number of hydrogen-bond acceptors (Lipinski definition) is 7. The Kier molecular flexibility index (Phi) is 6.55. The summed E-state index contributed by atoms with van der Waals surface area (Å²) in [6, 6.07) is 12.6. The Morgan fingerprint density at radius 3 is 2.62 bits per heavy atom.